The van der Waals surface area contributed by atoms with Crippen LogP contribution in [0.3, 0.4) is 0 Å². The molecule has 20 heavy (non-hydrogen) atoms. The lowest BCUT2D eigenvalue weighted by Crippen LogP contribution is -2.30. The summed E-state index contributed by atoms with van der Waals surface area (Å²) in [6.07, 6.45) is 0. The number of amides is 1. The Hall–Kier alpha value is -1.76. The second-order valence-electron chi connectivity index (χ2n) is 3.96. The molecule has 2 rings (SSSR count). The molecule has 0 aliphatic rings. The van der Waals surface area contributed by atoms with E-state index in [1.165, 1.54) is 11.8 Å². The average Bonchev–Trinajstić information content (AvgIpc) is 2.46. The van der Waals surface area contributed by atoms with E-state index in [9.17, 15) is 4.79 Å². The van der Waals surface area contributed by atoms with Gasteiger partial charge in [0.2, 0.25) is 0 Å². The lowest BCUT2D eigenvalue weighted by atomic mass is 10.3. The number of rotatable bonds is 4. The first-order valence-electron chi connectivity index (χ1n) is 5.75. The Balaban J connectivity index is 2.09. The Morgan fingerprint density at radius 3 is 2.85 bits per heavy atom. The summed E-state index contributed by atoms with van der Waals surface area (Å²) in [5.41, 5.74) is 9.61. The summed E-state index contributed by atoms with van der Waals surface area (Å²) in [5, 5.41) is 0.603. The number of aromatic nitrogens is 1. The fraction of sp³-hybridized carbons (Fsp3) is 0.0769. The summed E-state index contributed by atoms with van der Waals surface area (Å²) < 4.78 is 0. The van der Waals surface area contributed by atoms with Crippen molar-refractivity contribution in [3.8, 4) is 0 Å². The van der Waals surface area contributed by atoms with Gasteiger partial charge in [0.05, 0.1) is 5.69 Å². The van der Waals surface area contributed by atoms with Crippen LogP contribution in [0.2, 0.25) is 5.02 Å². The topological polar surface area (TPSA) is 94.0 Å². The molecule has 1 aromatic carbocycles. The van der Waals surface area contributed by atoms with E-state index in [1.54, 1.807) is 24.3 Å². The standard InChI is InChI=1S/C13H13ClN4OS/c14-8-4-5-12(10(15)6-8)20-7-9-2-1-3-11(17-9)13(19)18-16/h1-6H,7,15-16H2,(H,18,19). The Bertz CT molecular complexity index is 636. The number of nitrogens with one attached hydrogen (secondary N) is 1. The minimum absolute atomic E-state index is 0.287. The van der Waals surface area contributed by atoms with Gasteiger partial charge in [0.25, 0.3) is 5.91 Å². The molecule has 0 bridgehead atoms. The minimum Gasteiger partial charge on any atom is -0.398 e. The number of nitrogen functional groups attached to an aromatic ring is 2. The molecule has 1 amide bonds. The fourth-order valence-corrected chi connectivity index (χ4v) is 2.60. The number of nitrogens with two attached hydrogens (primary N) is 2. The van der Waals surface area contributed by atoms with Crippen LogP contribution in [-0.2, 0) is 5.75 Å². The summed E-state index contributed by atoms with van der Waals surface area (Å²) in [5.74, 6) is 5.26. The molecule has 0 aliphatic heterocycles. The van der Waals surface area contributed by atoms with Crippen LogP contribution in [0.4, 0.5) is 5.69 Å². The van der Waals surface area contributed by atoms with Crippen molar-refractivity contribution in [2.75, 3.05) is 5.73 Å². The molecule has 0 aliphatic carbocycles. The lowest BCUT2D eigenvalue weighted by Gasteiger charge is -2.06. The molecule has 5 nitrogen and oxygen atoms in total. The molecule has 0 radical (unpaired) electrons. The molecule has 1 heterocycles. The highest BCUT2D eigenvalue weighted by Crippen LogP contribution is 2.29. The molecular weight excluding hydrogens is 296 g/mol. The van der Waals surface area contributed by atoms with Gasteiger partial charge in [0.1, 0.15) is 5.69 Å². The molecule has 0 saturated carbocycles. The van der Waals surface area contributed by atoms with Crippen LogP contribution in [0.5, 0.6) is 0 Å². The quantitative estimate of drug-likeness (QED) is 0.265. The fourth-order valence-electron chi connectivity index (χ4n) is 1.56. The molecular formula is C13H13ClN4OS. The first-order valence-corrected chi connectivity index (χ1v) is 7.11. The van der Waals surface area contributed by atoms with Crippen molar-refractivity contribution in [1.82, 2.24) is 10.4 Å². The molecule has 0 saturated heterocycles. The zero-order valence-corrected chi connectivity index (χ0v) is 12.0. The highest BCUT2D eigenvalue weighted by atomic mass is 35.5. The average molecular weight is 309 g/mol. The van der Waals surface area contributed by atoms with Crippen LogP contribution >= 0.6 is 23.4 Å². The summed E-state index contributed by atoms with van der Waals surface area (Å²) >= 11 is 7.38. The predicted octanol–water partition coefficient (Wildman–Crippen LogP) is 2.21. The normalized spacial score (nSPS) is 10.3. The van der Waals surface area contributed by atoms with Gasteiger partial charge in [-0.15, -0.1) is 11.8 Å². The van der Waals surface area contributed by atoms with E-state index in [4.69, 9.17) is 23.2 Å². The number of halogens is 1. The number of pyridine rings is 1. The van der Waals surface area contributed by atoms with Crippen molar-refractivity contribution >= 4 is 35.0 Å². The van der Waals surface area contributed by atoms with Gasteiger partial charge >= 0.3 is 0 Å². The zero-order valence-electron chi connectivity index (χ0n) is 10.5. The molecule has 1 aromatic heterocycles. The van der Waals surface area contributed by atoms with Crippen molar-refractivity contribution in [2.45, 2.75) is 10.6 Å². The SMILES string of the molecule is NNC(=O)c1cccc(CSc2ccc(Cl)cc2N)n1. The minimum atomic E-state index is -0.414. The van der Waals surface area contributed by atoms with E-state index in [0.717, 1.165) is 10.6 Å². The number of thioether (sulfide) groups is 1. The van der Waals surface area contributed by atoms with Crippen molar-refractivity contribution < 1.29 is 4.79 Å². The van der Waals surface area contributed by atoms with Crippen LogP contribution in [0.15, 0.2) is 41.3 Å². The van der Waals surface area contributed by atoms with Crippen LogP contribution in [0.25, 0.3) is 0 Å². The molecule has 0 unspecified atom stereocenters. The molecule has 0 spiro atoms. The van der Waals surface area contributed by atoms with Gasteiger partial charge in [-0.1, -0.05) is 17.7 Å². The smallest absolute Gasteiger partial charge is 0.283 e. The van der Waals surface area contributed by atoms with Crippen LogP contribution < -0.4 is 17.0 Å². The van der Waals surface area contributed by atoms with Gasteiger partial charge in [0.15, 0.2) is 0 Å². The summed E-state index contributed by atoms with van der Waals surface area (Å²) in [4.78, 5) is 16.5. The highest BCUT2D eigenvalue weighted by Gasteiger charge is 2.07. The summed E-state index contributed by atoms with van der Waals surface area (Å²) in [6, 6.07) is 10.6. The Morgan fingerprint density at radius 2 is 2.15 bits per heavy atom. The van der Waals surface area contributed by atoms with Crippen LogP contribution in [-0.4, -0.2) is 10.9 Å². The Kier molecular flexibility index (Phi) is 4.84. The van der Waals surface area contributed by atoms with E-state index in [2.05, 4.69) is 10.4 Å². The first kappa shape index (κ1) is 14.6. The second kappa shape index (κ2) is 6.60. The largest absolute Gasteiger partial charge is 0.398 e. The maximum Gasteiger partial charge on any atom is 0.283 e. The van der Waals surface area contributed by atoms with Gasteiger partial charge in [0, 0.05) is 21.4 Å². The van der Waals surface area contributed by atoms with Crippen molar-refractivity contribution in [1.29, 1.82) is 0 Å². The van der Waals surface area contributed by atoms with E-state index in [-0.39, 0.29) is 5.69 Å². The third-order valence-corrected chi connectivity index (χ3v) is 3.88. The van der Waals surface area contributed by atoms with E-state index < -0.39 is 5.91 Å². The van der Waals surface area contributed by atoms with Crippen molar-refractivity contribution in [2.24, 2.45) is 5.84 Å². The summed E-state index contributed by atoms with van der Waals surface area (Å²) in [7, 11) is 0. The molecule has 7 heteroatoms. The van der Waals surface area contributed by atoms with Gasteiger partial charge < -0.3 is 5.73 Å². The number of benzene rings is 1. The number of hydrogen-bond acceptors (Lipinski definition) is 5. The molecule has 104 valence electrons. The van der Waals surface area contributed by atoms with Crippen molar-refractivity contribution in [3.05, 3.63) is 52.8 Å². The predicted molar refractivity (Wildman–Crippen MR) is 81.3 cm³/mol. The van der Waals surface area contributed by atoms with E-state index >= 15 is 0 Å². The number of hydrogen-bond donors (Lipinski definition) is 3. The number of nitrogens with zero attached hydrogens (tertiary/aromatic N) is 1. The Morgan fingerprint density at radius 1 is 1.35 bits per heavy atom. The van der Waals surface area contributed by atoms with Crippen LogP contribution in [0, 0.1) is 0 Å². The molecule has 5 N–H and O–H groups in total. The van der Waals surface area contributed by atoms with Crippen molar-refractivity contribution in [3.63, 3.8) is 0 Å². The number of hydrazine groups is 1. The number of carbonyl (C=O) groups is 1. The second-order valence-corrected chi connectivity index (χ2v) is 5.41. The van der Waals surface area contributed by atoms with Gasteiger partial charge in [-0.2, -0.15) is 0 Å². The number of carbonyl (C=O) groups excluding carboxylic acids is 1. The lowest BCUT2D eigenvalue weighted by molar-refractivity contribution is 0.0948. The first-order chi connectivity index (χ1) is 9.60. The van der Waals surface area contributed by atoms with Gasteiger partial charge in [-0.3, -0.25) is 10.2 Å². The molecule has 2 aromatic rings. The number of anilines is 1. The molecule has 0 atom stereocenters. The van der Waals surface area contributed by atoms with Gasteiger partial charge in [-0.25, -0.2) is 10.8 Å². The maximum atomic E-state index is 11.4. The van der Waals surface area contributed by atoms with Crippen LogP contribution in [0.1, 0.15) is 16.2 Å². The Labute approximate surface area is 125 Å². The third kappa shape index (κ3) is 3.63. The zero-order chi connectivity index (χ0) is 14.5. The van der Waals surface area contributed by atoms with E-state index in [0.29, 0.717) is 16.5 Å². The molecule has 0 fully saturated rings. The highest BCUT2D eigenvalue weighted by molar-refractivity contribution is 7.98. The summed E-state index contributed by atoms with van der Waals surface area (Å²) in [6.45, 7) is 0. The van der Waals surface area contributed by atoms with Gasteiger partial charge in [-0.05, 0) is 30.3 Å². The maximum absolute atomic E-state index is 11.4. The third-order valence-electron chi connectivity index (χ3n) is 2.52. The monoisotopic (exact) mass is 308 g/mol. The van der Waals surface area contributed by atoms with E-state index in [1.807, 2.05) is 12.1 Å².